The molecule has 4 saturated carbocycles. The molecule has 0 heterocycles. The number of carbonyl (C=O) groups excluding carboxylic acids is 2. The van der Waals surface area contributed by atoms with Gasteiger partial charge in [-0.15, -0.1) is 0 Å². The number of amides is 1. The standard InChI is InChI=1S/C36H67N5O3/c1-35-18-16-32-30(31(35)14-12-27(35)9-6-10-33(42)41-26-34(43)44-3)13-11-28-25-29(15-17-36(28,32)2)40-24-8-23-39-21-5-4-20-38-22-7-19-37/h27-32,38-40H,4-26,37H2,1-3H3,(H,41,42). The van der Waals surface area contributed by atoms with Gasteiger partial charge in [0.15, 0.2) is 0 Å². The van der Waals surface area contributed by atoms with Gasteiger partial charge in [-0.3, -0.25) is 9.59 Å². The Labute approximate surface area is 268 Å². The fourth-order valence-corrected chi connectivity index (χ4v) is 10.4. The fraction of sp³-hybridized carbons (Fsp3) is 0.944. The number of methoxy groups -OCH3 is 1. The summed E-state index contributed by atoms with van der Waals surface area (Å²) in [7, 11) is 1.35. The van der Waals surface area contributed by atoms with Crippen molar-refractivity contribution in [1.29, 1.82) is 0 Å². The van der Waals surface area contributed by atoms with Crippen LogP contribution < -0.4 is 27.0 Å². The summed E-state index contributed by atoms with van der Waals surface area (Å²) in [4.78, 5) is 23.5. The van der Waals surface area contributed by atoms with E-state index in [1.807, 2.05) is 0 Å². The Bertz CT molecular complexity index is 888. The smallest absolute Gasteiger partial charge is 0.325 e. The third kappa shape index (κ3) is 9.19. The van der Waals surface area contributed by atoms with Gasteiger partial charge in [-0.1, -0.05) is 13.8 Å². The highest BCUT2D eigenvalue weighted by atomic mass is 16.5. The lowest BCUT2D eigenvalue weighted by Gasteiger charge is -2.61. The second-order valence-corrected chi connectivity index (χ2v) is 15.3. The summed E-state index contributed by atoms with van der Waals surface area (Å²) in [6.45, 7) is 11.6. The van der Waals surface area contributed by atoms with E-state index in [0.717, 1.165) is 88.1 Å². The van der Waals surface area contributed by atoms with Gasteiger partial charge in [0.05, 0.1) is 7.11 Å². The molecule has 0 saturated heterocycles. The SMILES string of the molecule is COC(=O)CNC(=O)CCCC1CCC2C3CCC4CC(NCCCNCCCCNCCCN)CCC4(C)C3CCC12C. The maximum Gasteiger partial charge on any atom is 0.325 e. The van der Waals surface area contributed by atoms with Crippen LogP contribution >= 0.6 is 0 Å². The molecular formula is C36H67N5O3. The van der Waals surface area contributed by atoms with Crippen molar-refractivity contribution in [3.05, 3.63) is 0 Å². The number of ether oxygens (including phenoxy) is 1. The molecule has 0 aliphatic heterocycles. The lowest BCUT2D eigenvalue weighted by Crippen LogP contribution is -2.55. The quantitative estimate of drug-likeness (QED) is 0.105. The summed E-state index contributed by atoms with van der Waals surface area (Å²) in [6, 6.07) is 0.707. The Hall–Kier alpha value is -1.22. The first kappa shape index (κ1) is 35.6. The highest BCUT2D eigenvalue weighted by Crippen LogP contribution is 2.67. The Kier molecular flexibility index (Phi) is 14.3. The molecule has 8 heteroatoms. The van der Waals surface area contributed by atoms with Crippen molar-refractivity contribution < 1.29 is 14.3 Å². The topological polar surface area (TPSA) is 118 Å². The highest BCUT2D eigenvalue weighted by Gasteiger charge is 2.59. The van der Waals surface area contributed by atoms with Gasteiger partial charge in [0, 0.05) is 12.5 Å². The predicted octanol–water partition coefficient (Wildman–Crippen LogP) is 4.76. The molecule has 8 nitrogen and oxygen atoms in total. The van der Waals surface area contributed by atoms with E-state index in [0.29, 0.717) is 23.3 Å². The summed E-state index contributed by atoms with van der Waals surface area (Å²) >= 11 is 0. The van der Waals surface area contributed by atoms with E-state index in [-0.39, 0.29) is 18.4 Å². The number of hydrogen-bond acceptors (Lipinski definition) is 7. The molecule has 8 unspecified atom stereocenters. The Balaban J connectivity index is 1.13. The van der Waals surface area contributed by atoms with E-state index in [2.05, 4.69) is 39.9 Å². The monoisotopic (exact) mass is 618 g/mol. The summed E-state index contributed by atoms with van der Waals surface area (Å²) in [5, 5.41) is 13.8. The summed E-state index contributed by atoms with van der Waals surface area (Å²) < 4.78 is 4.63. The van der Waals surface area contributed by atoms with Crippen LogP contribution in [0.2, 0.25) is 0 Å². The molecule has 4 aliphatic carbocycles. The van der Waals surface area contributed by atoms with Crippen molar-refractivity contribution in [2.75, 3.05) is 52.9 Å². The van der Waals surface area contributed by atoms with Crippen LogP contribution in [-0.2, 0) is 14.3 Å². The largest absolute Gasteiger partial charge is 0.468 e. The molecule has 44 heavy (non-hydrogen) atoms. The first-order valence-electron chi connectivity index (χ1n) is 18.5. The molecule has 6 N–H and O–H groups in total. The minimum atomic E-state index is -0.387. The molecule has 0 aromatic carbocycles. The second kappa shape index (κ2) is 17.6. The van der Waals surface area contributed by atoms with Gasteiger partial charge in [0.25, 0.3) is 0 Å². The molecule has 8 atom stereocenters. The van der Waals surface area contributed by atoms with Crippen LogP contribution in [0.1, 0.15) is 117 Å². The van der Waals surface area contributed by atoms with Crippen LogP contribution in [0.3, 0.4) is 0 Å². The van der Waals surface area contributed by atoms with Crippen molar-refractivity contribution in [2.24, 2.45) is 46.2 Å². The van der Waals surface area contributed by atoms with Crippen molar-refractivity contribution in [3.63, 3.8) is 0 Å². The molecule has 1 amide bonds. The second-order valence-electron chi connectivity index (χ2n) is 15.3. The summed E-state index contributed by atoms with van der Waals surface area (Å²) in [6.07, 6.45) is 19.9. The molecule has 4 aliphatic rings. The molecular weight excluding hydrogens is 550 g/mol. The molecule has 0 radical (unpaired) electrons. The zero-order valence-corrected chi connectivity index (χ0v) is 28.5. The molecule has 0 bridgehead atoms. The van der Waals surface area contributed by atoms with Gasteiger partial charge in [0.1, 0.15) is 6.54 Å². The van der Waals surface area contributed by atoms with Crippen LogP contribution in [0.5, 0.6) is 0 Å². The maximum absolute atomic E-state index is 12.2. The fourth-order valence-electron chi connectivity index (χ4n) is 10.4. The molecule has 0 spiro atoms. The van der Waals surface area contributed by atoms with Crippen molar-refractivity contribution in [3.8, 4) is 0 Å². The Morgan fingerprint density at radius 3 is 2.25 bits per heavy atom. The van der Waals surface area contributed by atoms with Crippen molar-refractivity contribution in [1.82, 2.24) is 21.3 Å². The molecule has 4 rings (SSSR count). The third-order valence-corrected chi connectivity index (χ3v) is 13.0. The van der Waals surface area contributed by atoms with Gasteiger partial charge in [0.2, 0.25) is 5.91 Å². The van der Waals surface area contributed by atoms with Gasteiger partial charge in [-0.2, -0.15) is 0 Å². The van der Waals surface area contributed by atoms with Crippen molar-refractivity contribution >= 4 is 11.9 Å². The highest BCUT2D eigenvalue weighted by molar-refractivity contribution is 5.81. The normalized spacial score (nSPS) is 34.5. The average Bonchev–Trinajstić information content (AvgIpc) is 3.36. The van der Waals surface area contributed by atoms with Gasteiger partial charge >= 0.3 is 5.97 Å². The lowest BCUT2D eigenvalue weighted by atomic mass is 9.44. The number of unbranched alkanes of at least 4 members (excludes halogenated alkanes) is 1. The molecule has 4 fully saturated rings. The zero-order chi connectivity index (χ0) is 31.4. The van der Waals surface area contributed by atoms with Crippen LogP contribution in [0, 0.1) is 40.4 Å². The Morgan fingerprint density at radius 1 is 0.795 bits per heavy atom. The first-order valence-corrected chi connectivity index (χ1v) is 18.5. The first-order chi connectivity index (χ1) is 21.3. The molecule has 0 aromatic rings. The van der Waals surface area contributed by atoms with Crippen LogP contribution in [0.25, 0.3) is 0 Å². The van der Waals surface area contributed by atoms with Gasteiger partial charge in [-0.25, -0.2) is 0 Å². The van der Waals surface area contributed by atoms with E-state index in [1.165, 1.54) is 84.2 Å². The van der Waals surface area contributed by atoms with E-state index in [1.54, 1.807) is 0 Å². The lowest BCUT2D eigenvalue weighted by molar-refractivity contribution is -0.141. The number of fused-ring (bicyclic) bond motifs is 5. The number of nitrogens with one attached hydrogen (secondary N) is 4. The zero-order valence-electron chi connectivity index (χ0n) is 28.5. The number of esters is 1. The minimum absolute atomic E-state index is 0.0228. The summed E-state index contributed by atoms with van der Waals surface area (Å²) in [5.41, 5.74) is 6.51. The van der Waals surface area contributed by atoms with Crippen molar-refractivity contribution in [2.45, 2.75) is 123 Å². The van der Waals surface area contributed by atoms with E-state index in [4.69, 9.17) is 5.73 Å². The van der Waals surface area contributed by atoms with Gasteiger partial charge < -0.3 is 31.7 Å². The van der Waals surface area contributed by atoms with E-state index >= 15 is 0 Å². The predicted molar refractivity (Wildman–Crippen MR) is 179 cm³/mol. The Morgan fingerprint density at radius 2 is 1.50 bits per heavy atom. The maximum atomic E-state index is 12.2. The number of rotatable bonds is 19. The van der Waals surface area contributed by atoms with Crippen LogP contribution in [0.4, 0.5) is 0 Å². The minimum Gasteiger partial charge on any atom is -0.468 e. The van der Waals surface area contributed by atoms with E-state index < -0.39 is 0 Å². The van der Waals surface area contributed by atoms with Crippen LogP contribution in [0.15, 0.2) is 0 Å². The van der Waals surface area contributed by atoms with Crippen LogP contribution in [-0.4, -0.2) is 70.8 Å². The summed E-state index contributed by atoms with van der Waals surface area (Å²) in [5.74, 6) is 3.89. The van der Waals surface area contributed by atoms with Gasteiger partial charge in [-0.05, 0) is 176 Å². The molecule has 254 valence electrons. The number of hydrogen-bond donors (Lipinski definition) is 5. The number of carbonyl (C=O) groups is 2. The number of nitrogens with two attached hydrogens (primary N) is 1. The average molecular weight is 618 g/mol. The van der Waals surface area contributed by atoms with E-state index in [9.17, 15) is 9.59 Å². The third-order valence-electron chi connectivity index (χ3n) is 13.0. The molecule has 0 aromatic heterocycles.